The van der Waals surface area contributed by atoms with Crippen molar-refractivity contribution >= 4 is 42.2 Å². The summed E-state index contributed by atoms with van der Waals surface area (Å²) >= 11 is 3.39. The highest BCUT2D eigenvalue weighted by Gasteiger charge is 2.55. The van der Waals surface area contributed by atoms with Crippen LogP contribution in [0.2, 0.25) is 5.04 Å². The second kappa shape index (κ2) is 13.9. The first-order valence-electron chi connectivity index (χ1n) is 15.8. The Morgan fingerprint density at radius 2 is 1.28 bits per heavy atom. The summed E-state index contributed by atoms with van der Waals surface area (Å²) in [5, 5.41) is 2.20. The predicted molar refractivity (Wildman–Crippen MR) is 195 cm³/mol. The standard InChI is InChI=1S/C38H40N2O4S2Si/c1-28-26-40(36(42)39-34(28)41)35-38(45-30-17-9-5-10-18-30,46-31-19-11-6-12-20-31)25-29(44-35)27-43-47(37(2,3)4,32-21-13-7-14-22-32)33-23-15-8-16-24-33/h5-24,26,29,35H,25,27H2,1-4H3,(H,39,41,42)/t29-,35+/m0/s1. The number of nitrogens with zero attached hydrogens (tertiary/aromatic N) is 1. The average molecular weight is 681 g/mol. The largest absolute Gasteiger partial charge is 0.405 e. The maximum atomic E-state index is 13.5. The summed E-state index contributed by atoms with van der Waals surface area (Å²) < 4.78 is 15.2. The third kappa shape index (κ3) is 6.86. The molecule has 0 radical (unpaired) electrons. The van der Waals surface area contributed by atoms with Gasteiger partial charge in [-0.3, -0.25) is 14.3 Å². The molecule has 1 aliphatic heterocycles. The average Bonchev–Trinajstić information content (AvgIpc) is 3.41. The van der Waals surface area contributed by atoms with Crippen LogP contribution >= 0.6 is 23.5 Å². The van der Waals surface area contributed by atoms with Gasteiger partial charge in [0, 0.05) is 28.0 Å². The lowest BCUT2D eigenvalue weighted by Crippen LogP contribution is -2.67. The fourth-order valence-electron chi connectivity index (χ4n) is 6.45. The smallest absolute Gasteiger partial charge is 0.330 e. The van der Waals surface area contributed by atoms with Crippen LogP contribution < -0.4 is 21.6 Å². The van der Waals surface area contributed by atoms with Crippen LogP contribution in [0.4, 0.5) is 0 Å². The van der Waals surface area contributed by atoms with E-state index in [4.69, 9.17) is 9.16 Å². The van der Waals surface area contributed by atoms with Crippen molar-refractivity contribution in [1.29, 1.82) is 0 Å². The molecule has 1 N–H and O–H groups in total. The molecule has 242 valence electrons. The summed E-state index contributed by atoms with van der Waals surface area (Å²) in [5.74, 6) is 0. The molecule has 0 aliphatic carbocycles. The van der Waals surface area contributed by atoms with Gasteiger partial charge >= 0.3 is 5.69 Å². The molecule has 0 amide bonds. The molecule has 1 aliphatic rings. The van der Waals surface area contributed by atoms with Crippen LogP contribution in [-0.2, 0) is 9.16 Å². The molecule has 4 aromatic carbocycles. The molecule has 5 aromatic rings. The first-order valence-corrected chi connectivity index (χ1v) is 19.4. The van der Waals surface area contributed by atoms with Crippen LogP contribution in [0, 0.1) is 6.92 Å². The van der Waals surface area contributed by atoms with Gasteiger partial charge in [0.2, 0.25) is 0 Å². The summed E-state index contributed by atoms with van der Waals surface area (Å²) in [6.07, 6.45) is 1.18. The van der Waals surface area contributed by atoms with Gasteiger partial charge in [0.05, 0.1) is 12.7 Å². The molecule has 0 spiro atoms. The number of aromatic amines is 1. The number of hydrogen-bond donors (Lipinski definition) is 1. The fraction of sp³-hybridized carbons (Fsp3) is 0.263. The van der Waals surface area contributed by atoms with E-state index in [0.29, 0.717) is 18.6 Å². The molecule has 9 heteroatoms. The molecule has 47 heavy (non-hydrogen) atoms. The first kappa shape index (κ1) is 33.3. The predicted octanol–water partition coefficient (Wildman–Crippen LogP) is 6.99. The van der Waals surface area contributed by atoms with Gasteiger partial charge in [0.25, 0.3) is 13.9 Å². The Bertz CT molecular complexity index is 1810. The molecular weight excluding hydrogens is 641 g/mol. The van der Waals surface area contributed by atoms with E-state index < -0.39 is 29.9 Å². The van der Waals surface area contributed by atoms with Gasteiger partial charge in [-0.15, -0.1) is 23.5 Å². The second-order valence-corrected chi connectivity index (χ2v) is 20.3. The monoisotopic (exact) mass is 680 g/mol. The zero-order chi connectivity index (χ0) is 33.1. The summed E-state index contributed by atoms with van der Waals surface area (Å²) in [6.45, 7) is 8.85. The zero-order valence-corrected chi connectivity index (χ0v) is 29.7. The number of thioether (sulfide) groups is 2. The third-order valence-electron chi connectivity index (χ3n) is 8.58. The van der Waals surface area contributed by atoms with Crippen molar-refractivity contribution in [3.63, 3.8) is 0 Å². The molecular formula is C38H40N2O4S2Si. The van der Waals surface area contributed by atoms with E-state index in [-0.39, 0.29) is 11.1 Å². The molecule has 2 atom stereocenters. The molecule has 6 nitrogen and oxygen atoms in total. The van der Waals surface area contributed by atoms with Crippen LogP contribution in [-0.4, -0.2) is 34.7 Å². The van der Waals surface area contributed by atoms with E-state index in [1.807, 2.05) is 48.5 Å². The van der Waals surface area contributed by atoms with E-state index in [1.165, 1.54) is 10.4 Å². The molecule has 1 fully saturated rings. The van der Waals surface area contributed by atoms with Gasteiger partial charge in [0.15, 0.2) is 6.23 Å². The zero-order valence-electron chi connectivity index (χ0n) is 27.1. The van der Waals surface area contributed by atoms with Gasteiger partial charge in [-0.25, -0.2) is 4.79 Å². The van der Waals surface area contributed by atoms with Crippen LogP contribution in [0.3, 0.4) is 0 Å². The minimum absolute atomic E-state index is 0.199. The maximum Gasteiger partial charge on any atom is 0.330 e. The van der Waals surface area contributed by atoms with Gasteiger partial charge in [-0.05, 0) is 46.6 Å². The van der Waals surface area contributed by atoms with Crippen molar-refractivity contribution in [2.75, 3.05) is 6.61 Å². The Labute approximate surface area is 285 Å². The summed E-state index contributed by atoms with van der Waals surface area (Å²) in [5.41, 5.74) is -0.442. The highest BCUT2D eigenvalue weighted by atomic mass is 32.2. The van der Waals surface area contributed by atoms with E-state index in [1.54, 1.807) is 41.2 Å². The molecule has 0 unspecified atom stereocenters. The number of nitrogens with one attached hydrogen (secondary N) is 1. The van der Waals surface area contributed by atoms with Crippen LogP contribution in [0.5, 0.6) is 0 Å². The minimum atomic E-state index is -2.85. The maximum absolute atomic E-state index is 13.5. The van der Waals surface area contributed by atoms with E-state index in [0.717, 1.165) is 9.79 Å². The lowest BCUT2D eigenvalue weighted by atomic mass is 10.2. The Morgan fingerprint density at radius 1 is 0.809 bits per heavy atom. The van der Waals surface area contributed by atoms with Gasteiger partial charge in [0.1, 0.15) is 4.08 Å². The number of benzene rings is 4. The molecule has 0 saturated carbocycles. The number of hydrogen-bond acceptors (Lipinski definition) is 6. The Hall–Kier alpha value is -3.60. The second-order valence-electron chi connectivity index (χ2n) is 12.9. The number of ether oxygens (including phenoxy) is 1. The van der Waals surface area contributed by atoms with Crippen molar-refractivity contribution in [3.05, 3.63) is 154 Å². The van der Waals surface area contributed by atoms with Crippen molar-refractivity contribution in [1.82, 2.24) is 9.55 Å². The van der Waals surface area contributed by atoms with E-state index in [9.17, 15) is 9.59 Å². The topological polar surface area (TPSA) is 73.3 Å². The lowest BCUT2D eigenvalue weighted by molar-refractivity contribution is -0.0224. The highest BCUT2D eigenvalue weighted by molar-refractivity contribution is 8.18. The molecule has 6 rings (SSSR count). The quantitative estimate of drug-likeness (QED) is 0.127. The minimum Gasteiger partial charge on any atom is -0.405 e. The van der Waals surface area contributed by atoms with Crippen LogP contribution in [0.25, 0.3) is 0 Å². The summed E-state index contributed by atoms with van der Waals surface area (Å²) in [4.78, 5) is 30.6. The number of H-pyrrole nitrogens is 1. The molecule has 2 heterocycles. The molecule has 1 aromatic heterocycles. The number of aryl methyl sites for hydroxylation is 1. The van der Waals surface area contributed by atoms with E-state index in [2.05, 4.69) is 98.6 Å². The molecule has 1 saturated heterocycles. The van der Waals surface area contributed by atoms with Crippen molar-refractivity contribution in [2.45, 2.75) is 65.4 Å². The highest BCUT2D eigenvalue weighted by Crippen LogP contribution is 2.59. The van der Waals surface area contributed by atoms with Crippen LogP contribution in [0.15, 0.2) is 147 Å². The van der Waals surface area contributed by atoms with Gasteiger partial charge in [-0.1, -0.05) is 118 Å². The molecule has 0 bridgehead atoms. The Morgan fingerprint density at radius 3 is 1.74 bits per heavy atom. The van der Waals surface area contributed by atoms with Crippen molar-refractivity contribution in [3.8, 4) is 0 Å². The number of aromatic nitrogens is 2. The third-order valence-corrected chi connectivity index (χ3v) is 16.5. The van der Waals surface area contributed by atoms with E-state index >= 15 is 0 Å². The number of rotatable bonds is 10. The van der Waals surface area contributed by atoms with Gasteiger partial charge < -0.3 is 9.16 Å². The lowest BCUT2D eigenvalue weighted by Gasteiger charge is -2.43. The summed E-state index contributed by atoms with van der Waals surface area (Å²) in [7, 11) is -2.85. The fourth-order valence-corrected chi connectivity index (χ4v) is 14.2. The van der Waals surface area contributed by atoms with Crippen molar-refractivity contribution < 1.29 is 9.16 Å². The summed E-state index contributed by atoms with van der Waals surface area (Å²) in [6, 6.07) is 41.6. The first-order chi connectivity index (χ1) is 22.6. The Kier molecular flexibility index (Phi) is 9.82. The normalized spacial score (nSPS) is 17.9. The van der Waals surface area contributed by atoms with Gasteiger partial charge in [-0.2, -0.15) is 0 Å². The van der Waals surface area contributed by atoms with Crippen LogP contribution in [0.1, 0.15) is 39.0 Å². The Balaban J connectivity index is 1.45. The van der Waals surface area contributed by atoms with Crippen molar-refractivity contribution in [2.24, 2.45) is 0 Å². The SMILES string of the molecule is Cc1cn([C@@H]2O[C@H](CO[Si](c3ccccc3)(c3ccccc3)C(C)(C)C)CC2(Sc2ccccc2)Sc2ccccc2)c(=O)[nH]c1=O.